The number of rotatable bonds is 6. The first kappa shape index (κ1) is 10.0. The molecule has 1 rings (SSSR count). The van der Waals surface area contributed by atoms with Gasteiger partial charge in [0.05, 0.1) is 5.69 Å². The van der Waals surface area contributed by atoms with Crippen LogP contribution in [0.15, 0.2) is 12.1 Å². The minimum absolute atomic E-state index is 0.686. The molecule has 0 aliphatic heterocycles. The van der Waals surface area contributed by atoms with Gasteiger partial charge in [-0.1, -0.05) is 26.2 Å². The molecule has 2 heteroatoms. The van der Waals surface area contributed by atoms with E-state index in [1.165, 1.54) is 31.4 Å². The molecule has 0 amide bonds. The molecule has 0 atom stereocenters. The number of aryl methyl sites for hydroxylation is 1. The Morgan fingerprint density at radius 2 is 2.15 bits per heavy atom. The molecule has 0 aliphatic carbocycles. The molecule has 0 saturated heterocycles. The quantitative estimate of drug-likeness (QED) is 0.528. The minimum Gasteiger partial charge on any atom is -0.356 e. The molecule has 0 aromatic carbocycles. The fraction of sp³-hybridized carbons (Fsp3) is 0.545. The van der Waals surface area contributed by atoms with Crippen LogP contribution in [0.25, 0.3) is 0 Å². The van der Waals surface area contributed by atoms with Crippen LogP contribution >= 0.6 is 0 Å². The second-order valence-corrected chi connectivity index (χ2v) is 3.37. The summed E-state index contributed by atoms with van der Waals surface area (Å²) in [7, 11) is 0. The van der Waals surface area contributed by atoms with Crippen molar-refractivity contribution in [3.8, 4) is 0 Å². The van der Waals surface area contributed by atoms with Gasteiger partial charge in [0.25, 0.3) is 0 Å². The van der Waals surface area contributed by atoms with E-state index in [0.29, 0.717) is 5.69 Å². The lowest BCUT2D eigenvalue weighted by Crippen LogP contribution is -1.87. The van der Waals surface area contributed by atoms with Gasteiger partial charge in [0, 0.05) is 5.69 Å². The lowest BCUT2D eigenvalue weighted by atomic mass is 10.1. The highest BCUT2D eigenvalue weighted by molar-refractivity contribution is 5.71. The first-order valence-electron chi connectivity index (χ1n) is 5.00. The molecular weight excluding hydrogens is 162 g/mol. The van der Waals surface area contributed by atoms with Gasteiger partial charge in [0.2, 0.25) is 0 Å². The molecule has 2 nitrogen and oxygen atoms in total. The summed E-state index contributed by atoms with van der Waals surface area (Å²) >= 11 is 0. The predicted molar refractivity (Wildman–Crippen MR) is 54.0 cm³/mol. The van der Waals surface area contributed by atoms with Crippen LogP contribution in [0.4, 0.5) is 0 Å². The van der Waals surface area contributed by atoms with Crippen molar-refractivity contribution in [2.45, 2.75) is 39.0 Å². The average molecular weight is 179 g/mol. The number of unbranched alkanes of at least 4 members (excludes halogenated alkanes) is 3. The molecule has 0 saturated carbocycles. The van der Waals surface area contributed by atoms with Gasteiger partial charge in [0.1, 0.15) is 0 Å². The molecule has 0 fully saturated rings. The second-order valence-electron chi connectivity index (χ2n) is 3.37. The standard InChI is InChI=1S/C11H17NO/c1-2-3-4-5-6-10-7-8-11(9-13)12-10/h7-9,12H,2-6H2,1H3. The number of carbonyl (C=O) groups excluding carboxylic acids is 1. The Hall–Kier alpha value is -1.05. The number of aldehydes is 1. The van der Waals surface area contributed by atoms with Crippen molar-refractivity contribution in [2.75, 3.05) is 0 Å². The highest BCUT2D eigenvalue weighted by Crippen LogP contribution is 2.07. The fourth-order valence-corrected chi connectivity index (χ4v) is 1.42. The maximum absolute atomic E-state index is 10.4. The summed E-state index contributed by atoms with van der Waals surface area (Å²) in [6, 6.07) is 3.83. The molecule has 1 heterocycles. The van der Waals surface area contributed by atoms with Crippen LogP contribution in [0.5, 0.6) is 0 Å². The summed E-state index contributed by atoms with van der Waals surface area (Å²) in [6.45, 7) is 2.21. The number of nitrogens with one attached hydrogen (secondary N) is 1. The Morgan fingerprint density at radius 3 is 2.77 bits per heavy atom. The van der Waals surface area contributed by atoms with E-state index in [4.69, 9.17) is 0 Å². The van der Waals surface area contributed by atoms with Gasteiger partial charge in [-0.15, -0.1) is 0 Å². The van der Waals surface area contributed by atoms with Crippen LogP contribution < -0.4 is 0 Å². The van der Waals surface area contributed by atoms with Crippen LogP contribution in [0, 0.1) is 0 Å². The fourth-order valence-electron chi connectivity index (χ4n) is 1.42. The summed E-state index contributed by atoms with van der Waals surface area (Å²) in [5.74, 6) is 0. The first-order chi connectivity index (χ1) is 6.36. The number of aromatic nitrogens is 1. The summed E-state index contributed by atoms with van der Waals surface area (Å²) in [5, 5.41) is 0. The summed E-state index contributed by atoms with van der Waals surface area (Å²) in [5.41, 5.74) is 1.86. The van der Waals surface area contributed by atoms with Crippen LogP contribution in [-0.2, 0) is 6.42 Å². The topological polar surface area (TPSA) is 32.9 Å². The second kappa shape index (κ2) is 5.57. The van der Waals surface area contributed by atoms with E-state index in [9.17, 15) is 4.79 Å². The number of hydrogen-bond donors (Lipinski definition) is 1. The summed E-state index contributed by atoms with van der Waals surface area (Å²) in [6.07, 6.45) is 6.99. The van der Waals surface area contributed by atoms with E-state index in [1.807, 2.05) is 12.1 Å². The molecule has 0 unspecified atom stereocenters. The smallest absolute Gasteiger partial charge is 0.166 e. The lowest BCUT2D eigenvalue weighted by Gasteiger charge is -1.97. The van der Waals surface area contributed by atoms with Gasteiger partial charge in [-0.3, -0.25) is 4.79 Å². The van der Waals surface area contributed by atoms with E-state index < -0.39 is 0 Å². The van der Waals surface area contributed by atoms with Crippen molar-refractivity contribution >= 4 is 6.29 Å². The third kappa shape index (κ3) is 3.45. The average Bonchev–Trinajstić information content (AvgIpc) is 2.60. The van der Waals surface area contributed by atoms with E-state index >= 15 is 0 Å². The molecule has 0 spiro atoms. The van der Waals surface area contributed by atoms with Gasteiger partial charge < -0.3 is 4.98 Å². The summed E-state index contributed by atoms with van der Waals surface area (Å²) in [4.78, 5) is 13.4. The van der Waals surface area contributed by atoms with Crippen molar-refractivity contribution < 1.29 is 4.79 Å². The van der Waals surface area contributed by atoms with Crippen molar-refractivity contribution in [3.63, 3.8) is 0 Å². The van der Waals surface area contributed by atoms with Gasteiger partial charge in [-0.25, -0.2) is 0 Å². The van der Waals surface area contributed by atoms with E-state index in [1.54, 1.807) is 0 Å². The van der Waals surface area contributed by atoms with Crippen LogP contribution in [0.3, 0.4) is 0 Å². The molecule has 1 N–H and O–H groups in total. The number of aromatic amines is 1. The molecule has 0 bridgehead atoms. The maximum Gasteiger partial charge on any atom is 0.166 e. The van der Waals surface area contributed by atoms with Crippen molar-refractivity contribution in [1.82, 2.24) is 4.98 Å². The number of carbonyl (C=O) groups is 1. The van der Waals surface area contributed by atoms with Crippen LogP contribution in [-0.4, -0.2) is 11.3 Å². The largest absolute Gasteiger partial charge is 0.356 e. The molecule has 13 heavy (non-hydrogen) atoms. The van der Waals surface area contributed by atoms with Crippen LogP contribution in [0.2, 0.25) is 0 Å². The van der Waals surface area contributed by atoms with E-state index in [2.05, 4.69) is 11.9 Å². The van der Waals surface area contributed by atoms with Gasteiger partial charge >= 0.3 is 0 Å². The predicted octanol–water partition coefficient (Wildman–Crippen LogP) is 2.95. The van der Waals surface area contributed by atoms with Gasteiger partial charge in [-0.05, 0) is 25.0 Å². The zero-order valence-corrected chi connectivity index (χ0v) is 8.18. The Balaban J connectivity index is 2.24. The van der Waals surface area contributed by atoms with Gasteiger partial charge in [-0.2, -0.15) is 0 Å². The minimum atomic E-state index is 0.686. The normalized spacial score (nSPS) is 10.2. The number of hydrogen-bond acceptors (Lipinski definition) is 1. The number of H-pyrrole nitrogens is 1. The maximum atomic E-state index is 10.4. The Kier molecular flexibility index (Phi) is 4.30. The molecule has 0 radical (unpaired) electrons. The zero-order valence-electron chi connectivity index (χ0n) is 8.18. The Bertz CT molecular complexity index is 252. The lowest BCUT2D eigenvalue weighted by molar-refractivity contribution is 0.111. The van der Waals surface area contributed by atoms with Crippen molar-refractivity contribution in [2.24, 2.45) is 0 Å². The van der Waals surface area contributed by atoms with Gasteiger partial charge in [0.15, 0.2) is 6.29 Å². The first-order valence-corrected chi connectivity index (χ1v) is 5.00. The molecule has 72 valence electrons. The third-order valence-corrected chi connectivity index (χ3v) is 2.20. The molecule has 0 aliphatic rings. The molecule has 1 aromatic heterocycles. The van der Waals surface area contributed by atoms with E-state index in [-0.39, 0.29) is 0 Å². The third-order valence-electron chi connectivity index (χ3n) is 2.20. The zero-order chi connectivity index (χ0) is 9.52. The van der Waals surface area contributed by atoms with Crippen molar-refractivity contribution in [1.29, 1.82) is 0 Å². The SMILES string of the molecule is CCCCCCc1ccc(C=O)[nH]1. The van der Waals surface area contributed by atoms with Crippen LogP contribution in [0.1, 0.15) is 48.8 Å². The Labute approximate surface area is 79.4 Å². The van der Waals surface area contributed by atoms with Crippen molar-refractivity contribution in [3.05, 3.63) is 23.5 Å². The highest BCUT2D eigenvalue weighted by Gasteiger charge is 1.96. The Morgan fingerprint density at radius 1 is 1.31 bits per heavy atom. The monoisotopic (exact) mass is 179 g/mol. The van der Waals surface area contributed by atoms with E-state index in [0.717, 1.165) is 12.7 Å². The highest BCUT2D eigenvalue weighted by atomic mass is 16.1. The molecule has 1 aromatic rings. The molecular formula is C11H17NO. The summed E-state index contributed by atoms with van der Waals surface area (Å²) < 4.78 is 0.